The Morgan fingerprint density at radius 1 is 1.15 bits per heavy atom. The van der Waals surface area contributed by atoms with E-state index in [1.807, 2.05) is 41.0 Å². The summed E-state index contributed by atoms with van der Waals surface area (Å²) in [6.45, 7) is 0.471. The fourth-order valence-corrected chi connectivity index (χ4v) is 2.79. The molecule has 0 saturated carbocycles. The maximum atomic E-state index is 10.1. The predicted octanol–water partition coefficient (Wildman–Crippen LogP) is 3.01. The first kappa shape index (κ1) is 13.4. The van der Waals surface area contributed by atoms with Gasteiger partial charge in [-0.3, -0.25) is 0 Å². The number of phenols is 1. The number of aromatic nitrogens is 2. The Bertz CT molecular complexity index is 768. The Kier molecular flexibility index (Phi) is 3.62. The number of rotatable bonds is 3. The number of benzene rings is 2. The van der Waals surface area contributed by atoms with Crippen molar-refractivity contribution >= 4 is 33.6 Å². The van der Waals surface area contributed by atoms with Gasteiger partial charge in [0.1, 0.15) is 11.6 Å². The molecule has 20 heavy (non-hydrogen) atoms. The Labute approximate surface area is 129 Å². The molecule has 1 aromatic heterocycles. The van der Waals surface area contributed by atoms with Crippen molar-refractivity contribution in [1.82, 2.24) is 9.55 Å². The lowest BCUT2D eigenvalue weighted by molar-refractivity contribution is 0.278. The van der Waals surface area contributed by atoms with E-state index in [4.69, 9.17) is 0 Å². The van der Waals surface area contributed by atoms with Gasteiger partial charge in [-0.05, 0) is 52.9 Å². The summed E-state index contributed by atoms with van der Waals surface area (Å²) in [6.07, 6.45) is 0. The van der Waals surface area contributed by atoms with Crippen LogP contribution in [0.25, 0.3) is 22.4 Å². The third-order valence-corrected chi connectivity index (χ3v) is 3.85. The van der Waals surface area contributed by atoms with Gasteiger partial charge in [-0.2, -0.15) is 0 Å². The highest BCUT2D eigenvalue weighted by Crippen LogP contribution is 2.32. The summed E-state index contributed by atoms with van der Waals surface area (Å²) in [6, 6.07) is 13.2. The number of aromatic hydroxyl groups is 1. The van der Waals surface area contributed by atoms with Gasteiger partial charge in [0.25, 0.3) is 0 Å². The summed E-state index contributed by atoms with van der Waals surface area (Å²) in [4.78, 5) is 4.59. The zero-order valence-electron chi connectivity index (χ0n) is 10.6. The normalized spacial score (nSPS) is 11.1. The molecule has 102 valence electrons. The van der Waals surface area contributed by atoms with E-state index in [0.29, 0.717) is 17.9 Å². The van der Waals surface area contributed by atoms with Crippen molar-refractivity contribution in [2.75, 3.05) is 6.61 Å². The Morgan fingerprint density at radius 2 is 1.95 bits per heavy atom. The number of hydrogen-bond donors (Lipinski definition) is 2. The molecule has 3 rings (SSSR count). The van der Waals surface area contributed by atoms with Crippen molar-refractivity contribution < 1.29 is 10.2 Å². The maximum Gasteiger partial charge on any atom is 0.144 e. The lowest BCUT2D eigenvalue weighted by Gasteiger charge is -2.09. The van der Waals surface area contributed by atoms with E-state index in [1.54, 1.807) is 6.07 Å². The van der Waals surface area contributed by atoms with Crippen LogP contribution in [0.3, 0.4) is 0 Å². The lowest BCUT2D eigenvalue weighted by atomic mass is 10.2. The van der Waals surface area contributed by atoms with Gasteiger partial charge in [-0.1, -0.05) is 12.1 Å². The van der Waals surface area contributed by atoms with Crippen LogP contribution in [-0.2, 0) is 6.54 Å². The number of aliphatic hydroxyl groups is 1. The van der Waals surface area contributed by atoms with Gasteiger partial charge in [0, 0.05) is 10.1 Å². The summed E-state index contributed by atoms with van der Waals surface area (Å²) < 4.78 is 2.96. The van der Waals surface area contributed by atoms with Crippen LogP contribution in [0.5, 0.6) is 5.75 Å². The Balaban J connectivity index is 2.29. The number of aliphatic hydroxyl groups excluding tert-OH is 1. The SMILES string of the molecule is OCCn1c(-c2cc(I)ccc2O)nc2ccccc21. The zero-order chi connectivity index (χ0) is 14.1. The van der Waals surface area contributed by atoms with Crippen molar-refractivity contribution in [2.24, 2.45) is 0 Å². The molecule has 0 spiro atoms. The molecule has 0 amide bonds. The number of phenolic OH excluding ortho intramolecular Hbond substituents is 1. The second kappa shape index (κ2) is 5.41. The van der Waals surface area contributed by atoms with Crippen LogP contribution in [-0.4, -0.2) is 26.4 Å². The van der Waals surface area contributed by atoms with Crippen LogP contribution in [0, 0.1) is 3.57 Å². The molecule has 5 heteroatoms. The quantitative estimate of drug-likeness (QED) is 0.687. The summed E-state index contributed by atoms with van der Waals surface area (Å²) in [5, 5.41) is 19.4. The van der Waals surface area contributed by atoms with Crippen LogP contribution < -0.4 is 0 Å². The molecule has 4 nitrogen and oxygen atoms in total. The molecular formula is C15H13IN2O2. The summed E-state index contributed by atoms with van der Waals surface area (Å²) in [5.74, 6) is 0.871. The smallest absolute Gasteiger partial charge is 0.144 e. The van der Waals surface area contributed by atoms with E-state index < -0.39 is 0 Å². The average Bonchev–Trinajstić information content (AvgIpc) is 2.81. The van der Waals surface area contributed by atoms with Crippen LogP contribution in [0.1, 0.15) is 0 Å². The van der Waals surface area contributed by atoms with Crippen molar-refractivity contribution in [2.45, 2.75) is 6.54 Å². The van der Waals surface area contributed by atoms with Gasteiger partial charge in [-0.15, -0.1) is 0 Å². The number of fused-ring (bicyclic) bond motifs is 1. The molecule has 0 aliphatic heterocycles. The van der Waals surface area contributed by atoms with E-state index in [0.717, 1.165) is 14.6 Å². The van der Waals surface area contributed by atoms with Crippen molar-refractivity contribution in [3.8, 4) is 17.1 Å². The highest BCUT2D eigenvalue weighted by molar-refractivity contribution is 14.1. The van der Waals surface area contributed by atoms with Crippen LogP contribution in [0.4, 0.5) is 0 Å². The number of imidazole rings is 1. The van der Waals surface area contributed by atoms with Gasteiger partial charge in [0.15, 0.2) is 0 Å². The molecule has 0 saturated heterocycles. The Hall–Kier alpha value is -1.60. The molecular weight excluding hydrogens is 367 g/mol. The molecule has 3 aromatic rings. The van der Waals surface area contributed by atoms with E-state index in [1.165, 1.54) is 0 Å². The molecule has 0 atom stereocenters. The molecule has 0 radical (unpaired) electrons. The monoisotopic (exact) mass is 380 g/mol. The Morgan fingerprint density at radius 3 is 2.75 bits per heavy atom. The molecule has 0 aliphatic carbocycles. The molecule has 0 aliphatic rings. The first-order valence-corrected chi connectivity index (χ1v) is 7.33. The van der Waals surface area contributed by atoms with E-state index in [9.17, 15) is 10.2 Å². The lowest BCUT2D eigenvalue weighted by Crippen LogP contribution is -2.04. The average molecular weight is 380 g/mol. The summed E-state index contributed by atoms with van der Waals surface area (Å²) >= 11 is 2.20. The van der Waals surface area contributed by atoms with Crippen LogP contribution in [0.2, 0.25) is 0 Å². The van der Waals surface area contributed by atoms with Gasteiger partial charge in [-0.25, -0.2) is 4.98 Å². The van der Waals surface area contributed by atoms with E-state index in [2.05, 4.69) is 27.6 Å². The predicted molar refractivity (Wildman–Crippen MR) is 86.6 cm³/mol. The molecule has 2 N–H and O–H groups in total. The van der Waals surface area contributed by atoms with Gasteiger partial charge in [0.2, 0.25) is 0 Å². The number of hydrogen-bond acceptors (Lipinski definition) is 3. The van der Waals surface area contributed by atoms with Crippen molar-refractivity contribution in [1.29, 1.82) is 0 Å². The van der Waals surface area contributed by atoms with Crippen LogP contribution >= 0.6 is 22.6 Å². The second-order valence-electron chi connectivity index (χ2n) is 4.46. The highest BCUT2D eigenvalue weighted by atomic mass is 127. The zero-order valence-corrected chi connectivity index (χ0v) is 12.8. The maximum absolute atomic E-state index is 10.1. The van der Waals surface area contributed by atoms with Crippen LogP contribution in [0.15, 0.2) is 42.5 Å². The molecule has 2 aromatic carbocycles. The minimum Gasteiger partial charge on any atom is -0.507 e. The number of para-hydroxylation sites is 2. The van der Waals surface area contributed by atoms with E-state index >= 15 is 0 Å². The molecule has 0 bridgehead atoms. The van der Waals surface area contributed by atoms with Gasteiger partial charge >= 0.3 is 0 Å². The minimum atomic E-state index is 0.0258. The fraction of sp³-hybridized carbons (Fsp3) is 0.133. The molecule has 1 heterocycles. The first-order valence-electron chi connectivity index (χ1n) is 6.25. The first-order chi connectivity index (χ1) is 9.70. The number of nitrogens with zero attached hydrogens (tertiary/aromatic N) is 2. The second-order valence-corrected chi connectivity index (χ2v) is 5.71. The summed E-state index contributed by atoms with van der Waals surface area (Å²) in [7, 11) is 0. The van der Waals surface area contributed by atoms with Crippen molar-refractivity contribution in [3.63, 3.8) is 0 Å². The largest absolute Gasteiger partial charge is 0.507 e. The molecule has 0 unspecified atom stereocenters. The molecule has 0 fully saturated rings. The fourth-order valence-electron chi connectivity index (χ4n) is 2.29. The highest BCUT2D eigenvalue weighted by Gasteiger charge is 2.15. The minimum absolute atomic E-state index is 0.0258. The van der Waals surface area contributed by atoms with Crippen molar-refractivity contribution in [3.05, 3.63) is 46.0 Å². The standard InChI is InChI=1S/C15H13IN2O2/c16-10-5-6-14(20)11(9-10)15-17-12-3-1-2-4-13(12)18(15)7-8-19/h1-6,9,19-20H,7-8H2. The van der Waals surface area contributed by atoms with Gasteiger partial charge in [0.05, 0.1) is 23.2 Å². The summed E-state index contributed by atoms with van der Waals surface area (Å²) in [5.41, 5.74) is 2.49. The van der Waals surface area contributed by atoms with Gasteiger partial charge < -0.3 is 14.8 Å². The third kappa shape index (κ3) is 2.27. The number of halogens is 1. The topological polar surface area (TPSA) is 58.3 Å². The van der Waals surface area contributed by atoms with E-state index in [-0.39, 0.29) is 12.4 Å². The third-order valence-electron chi connectivity index (χ3n) is 3.18.